The van der Waals surface area contributed by atoms with Crippen molar-refractivity contribution in [3.8, 4) is 0 Å². The molecule has 3 heteroatoms. The van der Waals surface area contributed by atoms with Crippen molar-refractivity contribution in [3.05, 3.63) is 70.9 Å². The maximum atomic E-state index is 12.6. The predicted molar refractivity (Wildman–Crippen MR) is 125 cm³/mol. The summed E-state index contributed by atoms with van der Waals surface area (Å²) in [5.74, 6) is 0.395. The predicted octanol–water partition coefficient (Wildman–Crippen LogP) is 6.06. The molecule has 1 fully saturated rings. The lowest BCUT2D eigenvalue weighted by molar-refractivity contribution is -0.120. The van der Waals surface area contributed by atoms with Crippen molar-refractivity contribution < 1.29 is 4.79 Å². The van der Waals surface area contributed by atoms with Crippen molar-refractivity contribution in [2.24, 2.45) is 5.92 Å². The Kier molecular flexibility index (Phi) is 6.88. The Hall–Kier alpha value is -2.55. The number of hydrogen-bond acceptors (Lipinski definition) is 2. The van der Waals surface area contributed by atoms with Gasteiger partial charge in [-0.05, 0) is 60.6 Å². The van der Waals surface area contributed by atoms with Crippen molar-refractivity contribution in [1.29, 1.82) is 0 Å². The molecule has 1 amide bonds. The largest absolute Gasteiger partial charge is 0.374 e. The first-order chi connectivity index (χ1) is 14.7. The highest BCUT2D eigenvalue weighted by molar-refractivity contribution is 5.92. The minimum absolute atomic E-state index is 0.193. The van der Waals surface area contributed by atoms with Crippen molar-refractivity contribution in [1.82, 2.24) is 4.90 Å². The Morgan fingerprint density at radius 1 is 1.03 bits per heavy atom. The molecule has 0 radical (unpaired) electrons. The zero-order valence-electron chi connectivity index (χ0n) is 18.2. The Morgan fingerprint density at radius 2 is 1.87 bits per heavy atom. The number of nitrogens with zero attached hydrogens (tertiary/aromatic N) is 1. The molecular weight excluding hydrogens is 368 g/mol. The summed E-state index contributed by atoms with van der Waals surface area (Å²) in [5.41, 5.74) is 6.45. The number of carbonyl (C=O) groups excluding carboxylic acids is 1. The second-order valence-corrected chi connectivity index (χ2v) is 8.77. The molecule has 4 rings (SSSR count). The molecule has 2 aromatic carbocycles. The van der Waals surface area contributed by atoms with Gasteiger partial charge in [0.1, 0.15) is 0 Å². The number of fused-ring (bicyclic) bond motifs is 1. The molecule has 2 aromatic rings. The minimum atomic E-state index is 0.193. The first-order valence-electron chi connectivity index (χ1n) is 11.7. The summed E-state index contributed by atoms with van der Waals surface area (Å²) in [6.45, 7) is 4.34. The molecule has 0 aromatic heterocycles. The summed E-state index contributed by atoms with van der Waals surface area (Å²) in [6, 6.07) is 17.1. The summed E-state index contributed by atoms with van der Waals surface area (Å²) in [5, 5.41) is 3.17. The molecule has 0 bridgehead atoms. The normalized spacial score (nSPS) is 16.1. The van der Waals surface area contributed by atoms with E-state index in [0.29, 0.717) is 0 Å². The average molecular weight is 403 g/mol. The third-order valence-corrected chi connectivity index (χ3v) is 6.49. The molecule has 0 atom stereocenters. The number of rotatable bonds is 8. The lowest BCUT2D eigenvalue weighted by Crippen LogP contribution is -2.26. The van der Waals surface area contributed by atoms with Crippen LogP contribution >= 0.6 is 0 Å². The van der Waals surface area contributed by atoms with Crippen LogP contribution in [0.25, 0.3) is 6.08 Å². The first-order valence-corrected chi connectivity index (χ1v) is 11.7. The first kappa shape index (κ1) is 20.7. The fourth-order valence-corrected chi connectivity index (χ4v) is 4.81. The quantitative estimate of drug-likeness (QED) is 0.582. The number of anilines is 1. The number of allylic oxidation sites excluding steroid dienone is 1. The topological polar surface area (TPSA) is 32.3 Å². The molecule has 3 nitrogen and oxygen atoms in total. The summed E-state index contributed by atoms with van der Waals surface area (Å²) in [6.07, 6.45) is 11.2. The third-order valence-electron chi connectivity index (χ3n) is 6.49. The van der Waals surface area contributed by atoms with E-state index in [2.05, 4.69) is 65.7 Å². The van der Waals surface area contributed by atoms with Crippen LogP contribution < -0.4 is 5.32 Å². The van der Waals surface area contributed by atoms with Crippen molar-refractivity contribution >= 4 is 17.7 Å². The van der Waals surface area contributed by atoms with Crippen molar-refractivity contribution in [3.63, 3.8) is 0 Å². The van der Waals surface area contributed by atoms with Gasteiger partial charge in [-0.3, -0.25) is 4.79 Å². The number of amides is 1. The van der Waals surface area contributed by atoms with Gasteiger partial charge in [-0.25, -0.2) is 0 Å². The average Bonchev–Trinajstić information content (AvgIpc) is 3.21. The van der Waals surface area contributed by atoms with Gasteiger partial charge in [0.25, 0.3) is 0 Å². The molecule has 1 saturated carbocycles. The lowest BCUT2D eigenvalue weighted by atomic mass is 9.88. The Bertz CT molecular complexity index is 895. The van der Waals surface area contributed by atoms with Gasteiger partial charge < -0.3 is 10.2 Å². The van der Waals surface area contributed by atoms with Crippen molar-refractivity contribution in [2.75, 3.05) is 18.4 Å². The number of carbonyl (C=O) groups is 1. The van der Waals surface area contributed by atoms with Crippen LogP contribution in [0.3, 0.4) is 0 Å². The third kappa shape index (κ3) is 5.13. The van der Waals surface area contributed by atoms with Crippen molar-refractivity contribution in [2.45, 2.75) is 58.3 Å². The van der Waals surface area contributed by atoms with E-state index >= 15 is 0 Å². The van der Waals surface area contributed by atoms with E-state index in [1.54, 1.807) is 0 Å². The molecule has 158 valence electrons. The van der Waals surface area contributed by atoms with Crippen LogP contribution in [-0.2, 0) is 17.6 Å². The smallest absolute Gasteiger partial charge is 0.227 e. The van der Waals surface area contributed by atoms with Gasteiger partial charge in [0.05, 0.1) is 0 Å². The van der Waals surface area contributed by atoms with Crippen LogP contribution in [0.4, 0.5) is 5.69 Å². The summed E-state index contributed by atoms with van der Waals surface area (Å²) < 4.78 is 0. The van der Waals surface area contributed by atoms with Crippen LogP contribution in [0.1, 0.15) is 62.1 Å². The summed E-state index contributed by atoms with van der Waals surface area (Å²) >= 11 is 0. The molecule has 30 heavy (non-hydrogen) atoms. The number of benzene rings is 2. The van der Waals surface area contributed by atoms with Gasteiger partial charge in [-0.2, -0.15) is 0 Å². The van der Waals surface area contributed by atoms with Crippen LogP contribution in [-0.4, -0.2) is 23.9 Å². The minimum Gasteiger partial charge on any atom is -0.374 e. The zero-order valence-corrected chi connectivity index (χ0v) is 18.2. The summed E-state index contributed by atoms with van der Waals surface area (Å²) in [4.78, 5) is 15.1. The maximum Gasteiger partial charge on any atom is 0.227 e. The molecule has 2 aliphatic carbocycles. The molecule has 0 aliphatic heterocycles. The van der Waals surface area contributed by atoms with Crippen LogP contribution in [0.5, 0.6) is 0 Å². The Balaban J connectivity index is 1.36. The summed E-state index contributed by atoms with van der Waals surface area (Å²) in [7, 11) is 0. The second kappa shape index (κ2) is 9.97. The van der Waals surface area contributed by atoms with E-state index in [9.17, 15) is 4.79 Å². The number of nitrogens with one attached hydrogen (secondary N) is 1. The molecule has 0 unspecified atom stereocenters. The SMILES string of the molecule is CCCN(CCc1cccc(NC(=O)C2CCCCC2)c1)C1=Cc2ccccc2C1. The molecule has 0 saturated heterocycles. The van der Waals surface area contributed by atoms with Gasteiger partial charge >= 0.3 is 0 Å². The van der Waals surface area contributed by atoms with E-state index in [0.717, 1.165) is 50.9 Å². The monoisotopic (exact) mass is 402 g/mol. The highest BCUT2D eigenvalue weighted by Gasteiger charge is 2.21. The Labute approximate surface area is 181 Å². The van der Waals surface area contributed by atoms with Crippen LogP contribution in [0, 0.1) is 5.92 Å². The Morgan fingerprint density at radius 3 is 2.67 bits per heavy atom. The lowest BCUT2D eigenvalue weighted by Gasteiger charge is -2.26. The van der Waals surface area contributed by atoms with E-state index in [1.807, 2.05) is 6.07 Å². The molecule has 1 N–H and O–H groups in total. The van der Waals surface area contributed by atoms with E-state index in [1.165, 1.54) is 41.6 Å². The number of hydrogen-bond donors (Lipinski definition) is 1. The van der Waals surface area contributed by atoms with Gasteiger partial charge in [-0.15, -0.1) is 0 Å². The standard InChI is InChI=1S/C27H34N2O/c1-2-16-29(26-19-23-12-6-7-13-24(23)20-26)17-15-21-9-8-14-25(18-21)28-27(30)22-10-4-3-5-11-22/h6-9,12-14,18-19,22H,2-5,10-11,15-17,20H2,1H3,(H,28,30). The fraction of sp³-hybridized carbons (Fsp3) is 0.444. The molecule has 0 spiro atoms. The van der Waals surface area contributed by atoms with E-state index < -0.39 is 0 Å². The van der Waals surface area contributed by atoms with Gasteiger partial charge in [0.2, 0.25) is 5.91 Å². The van der Waals surface area contributed by atoms with Gasteiger partial charge in [0.15, 0.2) is 0 Å². The maximum absolute atomic E-state index is 12.6. The highest BCUT2D eigenvalue weighted by Crippen LogP contribution is 2.28. The fourth-order valence-electron chi connectivity index (χ4n) is 4.81. The highest BCUT2D eigenvalue weighted by atomic mass is 16.1. The van der Waals surface area contributed by atoms with E-state index in [4.69, 9.17) is 0 Å². The van der Waals surface area contributed by atoms with E-state index in [-0.39, 0.29) is 11.8 Å². The van der Waals surface area contributed by atoms with Gasteiger partial charge in [-0.1, -0.05) is 62.6 Å². The molecule has 0 heterocycles. The van der Waals surface area contributed by atoms with Crippen LogP contribution in [0.2, 0.25) is 0 Å². The molecular formula is C27H34N2O. The zero-order chi connectivity index (χ0) is 20.8. The second-order valence-electron chi connectivity index (χ2n) is 8.77. The van der Waals surface area contributed by atoms with Crippen LogP contribution in [0.15, 0.2) is 54.2 Å². The molecule has 2 aliphatic rings. The van der Waals surface area contributed by atoms with Gasteiger partial charge in [0, 0.05) is 36.8 Å².